The Balaban J connectivity index is 1.59. The summed E-state index contributed by atoms with van der Waals surface area (Å²) in [5.41, 5.74) is 2.28. The molecule has 2 aromatic carbocycles. The highest BCUT2D eigenvalue weighted by molar-refractivity contribution is 8.00. The Morgan fingerprint density at radius 2 is 1.82 bits per heavy atom. The molecule has 28 heavy (non-hydrogen) atoms. The number of hydrogen-bond donors (Lipinski definition) is 2. The molecule has 1 aliphatic rings. The van der Waals surface area contributed by atoms with E-state index >= 15 is 0 Å². The third-order valence-electron chi connectivity index (χ3n) is 4.39. The average molecular weight is 419 g/mol. The summed E-state index contributed by atoms with van der Waals surface area (Å²) in [5.74, 6) is -0.230. The minimum atomic E-state index is -3.06. The number of amides is 2. The van der Waals surface area contributed by atoms with Gasteiger partial charge in [0, 0.05) is 16.6 Å². The first-order chi connectivity index (χ1) is 13.3. The van der Waals surface area contributed by atoms with Crippen molar-refractivity contribution in [2.24, 2.45) is 0 Å². The second kappa shape index (κ2) is 8.79. The van der Waals surface area contributed by atoms with Gasteiger partial charge in [0.1, 0.15) is 0 Å². The third kappa shape index (κ3) is 5.59. The third-order valence-corrected chi connectivity index (χ3v) is 7.23. The number of nitrogens with one attached hydrogen (secondary N) is 2. The van der Waals surface area contributed by atoms with Gasteiger partial charge in [-0.3, -0.25) is 9.59 Å². The summed E-state index contributed by atoms with van der Waals surface area (Å²) >= 11 is 1.27. The predicted molar refractivity (Wildman–Crippen MR) is 111 cm³/mol. The van der Waals surface area contributed by atoms with Crippen LogP contribution in [0.3, 0.4) is 0 Å². The van der Waals surface area contributed by atoms with Gasteiger partial charge in [0.2, 0.25) is 5.91 Å². The molecule has 0 spiro atoms. The molecule has 1 heterocycles. The van der Waals surface area contributed by atoms with E-state index in [4.69, 9.17) is 0 Å². The zero-order valence-corrected chi connectivity index (χ0v) is 17.1. The Hall–Kier alpha value is -2.32. The summed E-state index contributed by atoms with van der Waals surface area (Å²) < 4.78 is 23.1. The highest BCUT2D eigenvalue weighted by Gasteiger charge is 2.29. The van der Waals surface area contributed by atoms with Gasteiger partial charge in [-0.25, -0.2) is 8.42 Å². The molecule has 1 fully saturated rings. The van der Waals surface area contributed by atoms with Crippen LogP contribution in [0, 0.1) is 6.92 Å². The normalized spacial score (nSPS) is 17.8. The van der Waals surface area contributed by atoms with Gasteiger partial charge < -0.3 is 10.6 Å². The Morgan fingerprint density at radius 3 is 2.50 bits per heavy atom. The van der Waals surface area contributed by atoms with Crippen molar-refractivity contribution in [3.05, 3.63) is 59.7 Å². The highest BCUT2D eigenvalue weighted by Crippen LogP contribution is 2.23. The van der Waals surface area contributed by atoms with Crippen LogP contribution in [0.1, 0.15) is 22.3 Å². The van der Waals surface area contributed by atoms with Gasteiger partial charge in [-0.2, -0.15) is 0 Å². The SMILES string of the molecule is Cc1ccc(NC(=O)CSc2ccccc2C(=O)NC2CCS(=O)(=O)C2)cc1. The fraction of sp³-hybridized carbons (Fsp3) is 0.300. The zero-order chi connectivity index (χ0) is 20.1. The van der Waals surface area contributed by atoms with E-state index in [1.165, 1.54) is 11.8 Å². The molecular formula is C20H22N2O4S2. The molecule has 0 aliphatic carbocycles. The van der Waals surface area contributed by atoms with Crippen molar-refractivity contribution >= 4 is 39.1 Å². The van der Waals surface area contributed by atoms with Crippen molar-refractivity contribution in [3.63, 3.8) is 0 Å². The number of carbonyl (C=O) groups is 2. The molecule has 148 valence electrons. The van der Waals surface area contributed by atoms with Crippen molar-refractivity contribution in [2.45, 2.75) is 24.3 Å². The maximum absolute atomic E-state index is 12.6. The Labute approximate surface area is 169 Å². The molecular weight excluding hydrogens is 396 g/mol. The van der Waals surface area contributed by atoms with E-state index in [1.807, 2.05) is 31.2 Å². The van der Waals surface area contributed by atoms with Gasteiger partial charge in [-0.1, -0.05) is 29.8 Å². The largest absolute Gasteiger partial charge is 0.348 e. The number of benzene rings is 2. The number of sulfone groups is 1. The maximum atomic E-state index is 12.6. The smallest absolute Gasteiger partial charge is 0.252 e. The number of thioether (sulfide) groups is 1. The predicted octanol–water partition coefficient (Wildman–Crippen LogP) is 2.64. The van der Waals surface area contributed by atoms with E-state index in [2.05, 4.69) is 10.6 Å². The summed E-state index contributed by atoms with van der Waals surface area (Å²) in [6.45, 7) is 1.98. The molecule has 2 aromatic rings. The number of hydrogen-bond acceptors (Lipinski definition) is 5. The van der Waals surface area contributed by atoms with Crippen LogP contribution in [0.4, 0.5) is 5.69 Å². The molecule has 1 saturated heterocycles. The van der Waals surface area contributed by atoms with Crippen LogP contribution in [0.2, 0.25) is 0 Å². The topological polar surface area (TPSA) is 92.3 Å². The van der Waals surface area contributed by atoms with Crippen LogP contribution in [0.5, 0.6) is 0 Å². The highest BCUT2D eigenvalue weighted by atomic mass is 32.2. The van der Waals surface area contributed by atoms with Crippen molar-refractivity contribution in [3.8, 4) is 0 Å². The van der Waals surface area contributed by atoms with Crippen LogP contribution in [-0.2, 0) is 14.6 Å². The molecule has 8 heteroatoms. The lowest BCUT2D eigenvalue weighted by atomic mass is 10.2. The summed E-state index contributed by atoms with van der Waals surface area (Å²) in [6, 6.07) is 14.2. The molecule has 0 saturated carbocycles. The molecule has 0 aromatic heterocycles. The molecule has 3 rings (SSSR count). The van der Waals surface area contributed by atoms with Crippen molar-refractivity contribution in [2.75, 3.05) is 22.6 Å². The molecule has 1 aliphatic heterocycles. The van der Waals surface area contributed by atoms with E-state index in [0.29, 0.717) is 16.9 Å². The van der Waals surface area contributed by atoms with Gasteiger partial charge in [-0.05, 0) is 37.6 Å². The number of anilines is 1. The van der Waals surface area contributed by atoms with Crippen molar-refractivity contribution < 1.29 is 18.0 Å². The van der Waals surface area contributed by atoms with Crippen LogP contribution in [-0.4, -0.2) is 43.5 Å². The van der Waals surface area contributed by atoms with Crippen molar-refractivity contribution in [1.29, 1.82) is 0 Å². The van der Waals surface area contributed by atoms with Gasteiger partial charge in [0.05, 0.1) is 22.8 Å². The summed E-state index contributed by atoms with van der Waals surface area (Å²) in [5, 5.41) is 5.62. The summed E-state index contributed by atoms with van der Waals surface area (Å²) in [4.78, 5) is 25.5. The Bertz CT molecular complexity index is 972. The number of rotatable bonds is 6. The Morgan fingerprint density at radius 1 is 1.11 bits per heavy atom. The van der Waals surface area contributed by atoms with Crippen LogP contribution in [0.25, 0.3) is 0 Å². The number of aryl methyl sites for hydroxylation is 1. The zero-order valence-electron chi connectivity index (χ0n) is 15.5. The Kier molecular flexibility index (Phi) is 6.41. The van der Waals surface area contributed by atoms with Crippen LogP contribution >= 0.6 is 11.8 Å². The molecule has 1 atom stereocenters. The van der Waals surface area contributed by atoms with Gasteiger partial charge in [-0.15, -0.1) is 11.8 Å². The maximum Gasteiger partial charge on any atom is 0.252 e. The van der Waals surface area contributed by atoms with Gasteiger partial charge in [0.15, 0.2) is 9.84 Å². The standard InChI is InChI=1S/C20H22N2O4S2/c1-14-6-8-15(9-7-14)21-19(23)12-27-18-5-3-2-4-17(18)20(24)22-16-10-11-28(25,26)13-16/h2-9,16H,10-13H2,1H3,(H,21,23)(H,22,24). The second-order valence-electron chi connectivity index (χ2n) is 6.77. The van der Waals surface area contributed by atoms with Crippen LogP contribution < -0.4 is 10.6 Å². The van der Waals surface area contributed by atoms with Crippen LogP contribution in [0.15, 0.2) is 53.4 Å². The minimum Gasteiger partial charge on any atom is -0.348 e. The van der Waals surface area contributed by atoms with E-state index in [-0.39, 0.29) is 35.1 Å². The molecule has 6 nitrogen and oxygen atoms in total. The molecule has 2 amide bonds. The quantitative estimate of drug-likeness (QED) is 0.704. The molecule has 1 unspecified atom stereocenters. The minimum absolute atomic E-state index is 0.0208. The number of carbonyl (C=O) groups excluding carboxylic acids is 2. The average Bonchev–Trinajstić information content (AvgIpc) is 3.00. The fourth-order valence-corrected chi connectivity index (χ4v) is 5.45. The van der Waals surface area contributed by atoms with E-state index in [0.717, 1.165) is 11.3 Å². The summed E-state index contributed by atoms with van der Waals surface area (Å²) in [6.07, 6.45) is 0.433. The van der Waals surface area contributed by atoms with E-state index in [9.17, 15) is 18.0 Å². The molecule has 2 N–H and O–H groups in total. The fourth-order valence-electron chi connectivity index (χ4n) is 2.93. The second-order valence-corrected chi connectivity index (χ2v) is 10.0. The van der Waals surface area contributed by atoms with Crippen molar-refractivity contribution in [1.82, 2.24) is 5.32 Å². The lowest BCUT2D eigenvalue weighted by Crippen LogP contribution is -2.35. The first-order valence-electron chi connectivity index (χ1n) is 8.92. The first-order valence-corrected chi connectivity index (χ1v) is 11.7. The summed E-state index contributed by atoms with van der Waals surface area (Å²) in [7, 11) is -3.06. The lowest BCUT2D eigenvalue weighted by molar-refractivity contribution is -0.113. The first kappa shape index (κ1) is 20.4. The van der Waals surface area contributed by atoms with Gasteiger partial charge >= 0.3 is 0 Å². The van der Waals surface area contributed by atoms with Gasteiger partial charge in [0.25, 0.3) is 5.91 Å². The van der Waals surface area contributed by atoms with E-state index in [1.54, 1.807) is 24.3 Å². The monoisotopic (exact) mass is 418 g/mol. The molecule has 0 bridgehead atoms. The lowest BCUT2D eigenvalue weighted by Gasteiger charge is -2.13. The molecule has 0 radical (unpaired) electrons. The van der Waals surface area contributed by atoms with E-state index < -0.39 is 9.84 Å².